The first-order chi connectivity index (χ1) is 21.5. The van der Waals surface area contributed by atoms with Gasteiger partial charge in [-0.05, 0) is 63.3 Å². The molecule has 3 rings (SSSR count). The van der Waals surface area contributed by atoms with Gasteiger partial charge in [-0.2, -0.15) is 0 Å². The van der Waals surface area contributed by atoms with E-state index in [1.54, 1.807) is 25.2 Å². The van der Waals surface area contributed by atoms with E-state index in [2.05, 4.69) is 4.72 Å². The molecule has 11 heteroatoms. The average molecular weight is 648 g/mol. The van der Waals surface area contributed by atoms with Crippen molar-refractivity contribution in [1.82, 2.24) is 9.62 Å². The molecule has 0 aliphatic carbocycles. The topological polar surface area (TPSA) is 124 Å². The molecular formula is C34H51N2O8S. The van der Waals surface area contributed by atoms with Crippen LogP contribution in [-0.4, -0.2) is 103 Å². The number of carbonyl (C=O) groups excluding carboxylic acids is 1. The highest BCUT2D eigenvalue weighted by molar-refractivity contribution is 7.88. The van der Waals surface area contributed by atoms with Gasteiger partial charge < -0.3 is 29.0 Å². The van der Waals surface area contributed by atoms with Crippen LogP contribution < -0.4 is 9.46 Å². The Hall–Kier alpha value is -2.54. The molecule has 0 saturated carbocycles. The van der Waals surface area contributed by atoms with Crippen molar-refractivity contribution < 1.29 is 37.3 Å². The Morgan fingerprint density at radius 3 is 2.36 bits per heavy atom. The summed E-state index contributed by atoms with van der Waals surface area (Å²) in [4.78, 5) is 15.3. The van der Waals surface area contributed by atoms with E-state index in [1.807, 2.05) is 56.3 Å². The number of morpholine rings is 1. The molecule has 2 atom stereocenters. The first-order valence-electron chi connectivity index (χ1n) is 15.7. The standard InChI is InChI=1S/C34H51N2O8S/c1-6-44-31-15-8-7-14-30(31)34(18-23-42-4,17-9-10-19-35-45(5,39)40)33(2,38)29(16-22-41-3)27-12-11-13-28(26-27)32(37)36-20-24-43-25-21-36/h7-8,11-15,26,35,38H,6,9-10,16-25H2,1-5H3. The van der Waals surface area contributed by atoms with Crippen LogP contribution in [0.5, 0.6) is 5.75 Å². The van der Waals surface area contributed by atoms with E-state index in [-0.39, 0.29) is 5.91 Å². The number of unbranched alkanes of at least 4 members (excludes halogenated alkanes) is 1. The minimum atomic E-state index is -3.32. The third-order valence-corrected chi connectivity index (χ3v) is 9.39. The van der Waals surface area contributed by atoms with Crippen LogP contribution in [-0.2, 0) is 29.6 Å². The Morgan fingerprint density at radius 1 is 1.00 bits per heavy atom. The molecule has 1 aliphatic heterocycles. The zero-order valence-corrected chi connectivity index (χ0v) is 28.3. The number of methoxy groups -OCH3 is 2. The van der Waals surface area contributed by atoms with E-state index in [0.29, 0.717) is 96.1 Å². The number of amides is 1. The third kappa shape index (κ3) is 9.73. The quantitative estimate of drug-likeness (QED) is 0.220. The zero-order chi connectivity index (χ0) is 32.9. The van der Waals surface area contributed by atoms with Crippen molar-refractivity contribution >= 4 is 15.9 Å². The highest BCUT2D eigenvalue weighted by Gasteiger charge is 2.53. The Morgan fingerprint density at radius 2 is 1.69 bits per heavy atom. The van der Waals surface area contributed by atoms with Gasteiger partial charge in [-0.15, -0.1) is 0 Å². The van der Waals surface area contributed by atoms with Crippen molar-refractivity contribution in [3.63, 3.8) is 0 Å². The lowest BCUT2D eigenvalue weighted by Crippen LogP contribution is -2.55. The second-order valence-corrected chi connectivity index (χ2v) is 13.5. The van der Waals surface area contributed by atoms with E-state index < -0.39 is 21.0 Å². The Labute approximate surface area is 269 Å². The minimum absolute atomic E-state index is 0.0726. The number of hydrogen-bond donors (Lipinski definition) is 2. The molecule has 45 heavy (non-hydrogen) atoms. The molecule has 0 spiro atoms. The maximum absolute atomic E-state index is 13.5. The Balaban J connectivity index is 2.14. The van der Waals surface area contributed by atoms with E-state index >= 15 is 0 Å². The van der Waals surface area contributed by atoms with E-state index in [1.165, 1.54) is 0 Å². The fourth-order valence-corrected chi connectivity index (χ4v) is 6.84. The van der Waals surface area contributed by atoms with Crippen LogP contribution in [0.3, 0.4) is 0 Å². The molecule has 0 aromatic heterocycles. The summed E-state index contributed by atoms with van der Waals surface area (Å²) in [7, 11) is -0.0572. The van der Waals surface area contributed by atoms with Gasteiger partial charge in [-0.1, -0.05) is 36.8 Å². The first kappa shape index (κ1) is 36.9. The van der Waals surface area contributed by atoms with Crippen LogP contribution in [0.2, 0.25) is 0 Å². The van der Waals surface area contributed by atoms with Gasteiger partial charge in [0.15, 0.2) is 0 Å². The van der Waals surface area contributed by atoms with Gasteiger partial charge in [0.05, 0.1) is 31.7 Å². The molecule has 2 unspecified atom stereocenters. The fraction of sp³-hybridized carbons (Fsp3) is 0.588. The van der Waals surface area contributed by atoms with Gasteiger partial charge in [-0.25, -0.2) is 13.1 Å². The lowest BCUT2D eigenvalue weighted by molar-refractivity contribution is -0.0338. The molecule has 251 valence electrons. The number of aliphatic hydroxyl groups is 1. The molecule has 1 aliphatic rings. The van der Waals surface area contributed by atoms with Gasteiger partial charge >= 0.3 is 0 Å². The largest absolute Gasteiger partial charge is 0.494 e. The predicted molar refractivity (Wildman–Crippen MR) is 175 cm³/mol. The molecule has 1 radical (unpaired) electrons. The number of rotatable bonds is 19. The first-order valence-corrected chi connectivity index (χ1v) is 17.6. The van der Waals surface area contributed by atoms with E-state index in [0.717, 1.165) is 23.3 Å². The van der Waals surface area contributed by atoms with E-state index in [4.69, 9.17) is 18.9 Å². The lowest BCUT2D eigenvalue weighted by atomic mass is 9.57. The summed E-state index contributed by atoms with van der Waals surface area (Å²) in [6, 6.07) is 15.2. The summed E-state index contributed by atoms with van der Waals surface area (Å²) >= 11 is 0. The average Bonchev–Trinajstić information content (AvgIpc) is 3.02. The molecule has 2 aromatic rings. The number of para-hydroxylation sites is 1. The summed E-state index contributed by atoms with van der Waals surface area (Å²) in [5.41, 5.74) is -0.231. The second-order valence-electron chi connectivity index (χ2n) is 11.7. The van der Waals surface area contributed by atoms with Gasteiger partial charge in [0.1, 0.15) is 5.75 Å². The van der Waals surface area contributed by atoms with Crippen LogP contribution >= 0.6 is 0 Å². The van der Waals surface area contributed by atoms with Gasteiger partial charge in [0, 0.05) is 69.5 Å². The highest BCUT2D eigenvalue weighted by Crippen LogP contribution is 2.52. The normalized spacial score (nSPS) is 16.7. The molecule has 0 bridgehead atoms. The number of ether oxygens (including phenoxy) is 4. The SMILES string of the molecule is CCOc1ccccc1C(CCCCNS(C)(=O)=O)(CCOC)C(C)(O)[C](CCOC)c1cccc(C(=O)N2CCOCC2)c1. The van der Waals surface area contributed by atoms with Crippen molar-refractivity contribution in [2.75, 3.05) is 73.1 Å². The number of sulfonamides is 1. The van der Waals surface area contributed by atoms with Crippen molar-refractivity contribution in [1.29, 1.82) is 0 Å². The number of nitrogens with zero attached hydrogens (tertiary/aromatic N) is 1. The number of nitrogens with one attached hydrogen (secondary N) is 1. The Kier molecular flexibility index (Phi) is 14.3. The van der Waals surface area contributed by atoms with Crippen molar-refractivity contribution in [2.24, 2.45) is 0 Å². The molecule has 2 aromatic carbocycles. The maximum Gasteiger partial charge on any atom is 0.254 e. The second kappa shape index (κ2) is 17.4. The summed E-state index contributed by atoms with van der Waals surface area (Å²) in [6.07, 6.45) is 3.74. The minimum Gasteiger partial charge on any atom is -0.494 e. The number of hydrogen-bond acceptors (Lipinski definition) is 8. The Bertz CT molecular complexity index is 1310. The van der Waals surface area contributed by atoms with Crippen LogP contribution in [0.4, 0.5) is 0 Å². The van der Waals surface area contributed by atoms with Crippen molar-refractivity contribution in [3.05, 3.63) is 71.1 Å². The fourth-order valence-electron chi connectivity index (χ4n) is 6.32. The molecule has 1 heterocycles. The molecule has 2 N–H and O–H groups in total. The predicted octanol–water partition coefficient (Wildman–Crippen LogP) is 3.96. The van der Waals surface area contributed by atoms with E-state index in [9.17, 15) is 18.3 Å². The number of benzene rings is 2. The summed E-state index contributed by atoms with van der Waals surface area (Å²) < 4.78 is 48.8. The van der Waals surface area contributed by atoms with Crippen LogP contribution in [0.15, 0.2) is 48.5 Å². The van der Waals surface area contributed by atoms with Crippen LogP contribution in [0, 0.1) is 5.92 Å². The number of carbonyl (C=O) groups is 1. The monoisotopic (exact) mass is 647 g/mol. The third-order valence-electron chi connectivity index (χ3n) is 8.66. The van der Waals surface area contributed by atoms with Gasteiger partial charge in [0.2, 0.25) is 10.0 Å². The molecule has 1 amide bonds. The summed E-state index contributed by atoms with van der Waals surface area (Å²) in [5, 5.41) is 13.1. The molecular weight excluding hydrogens is 596 g/mol. The van der Waals surface area contributed by atoms with Crippen LogP contribution in [0.1, 0.15) is 67.4 Å². The van der Waals surface area contributed by atoms with Gasteiger partial charge in [0.25, 0.3) is 5.91 Å². The smallest absolute Gasteiger partial charge is 0.254 e. The molecule has 10 nitrogen and oxygen atoms in total. The van der Waals surface area contributed by atoms with Crippen LogP contribution in [0.25, 0.3) is 0 Å². The highest BCUT2D eigenvalue weighted by atomic mass is 32.2. The lowest BCUT2D eigenvalue weighted by Gasteiger charge is -2.50. The summed E-state index contributed by atoms with van der Waals surface area (Å²) in [5.74, 6) is 1.34. The molecule has 1 saturated heterocycles. The maximum atomic E-state index is 13.5. The zero-order valence-electron chi connectivity index (χ0n) is 27.5. The van der Waals surface area contributed by atoms with Crippen molar-refractivity contribution in [2.45, 2.75) is 57.0 Å². The van der Waals surface area contributed by atoms with Crippen molar-refractivity contribution in [3.8, 4) is 5.75 Å². The van der Waals surface area contributed by atoms with Gasteiger partial charge in [-0.3, -0.25) is 4.79 Å². The molecule has 1 fully saturated rings. The summed E-state index contributed by atoms with van der Waals surface area (Å²) in [6.45, 7) is 7.30.